The van der Waals surface area contributed by atoms with Crippen LogP contribution in [0.3, 0.4) is 0 Å². The van der Waals surface area contributed by atoms with E-state index in [1.165, 1.54) is 0 Å². The number of aromatic nitrogens is 1. The Morgan fingerprint density at radius 2 is 1.90 bits per heavy atom. The minimum absolute atomic E-state index is 0.0328. The third-order valence-corrected chi connectivity index (χ3v) is 3.49. The van der Waals surface area contributed by atoms with Gasteiger partial charge in [0.1, 0.15) is 5.69 Å². The van der Waals surface area contributed by atoms with Crippen molar-refractivity contribution in [1.29, 1.82) is 0 Å². The maximum absolute atomic E-state index is 12.5. The molecule has 1 unspecified atom stereocenters. The van der Waals surface area contributed by atoms with E-state index in [1.807, 2.05) is 67.1 Å². The fourth-order valence-corrected chi connectivity index (χ4v) is 2.41. The van der Waals surface area contributed by atoms with Gasteiger partial charge in [0.05, 0.1) is 6.04 Å². The van der Waals surface area contributed by atoms with Gasteiger partial charge in [-0.3, -0.25) is 4.79 Å². The van der Waals surface area contributed by atoms with Crippen molar-refractivity contribution in [2.45, 2.75) is 32.4 Å². The molecule has 0 saturated carbocycles. The molecule has 0 radical (unpaired) electrons. The summed E-state index contributed by atoms with van der Waals surface area (Å²) < 4.78 is 1.94. The van der Waals surface area contributed by atoms with E-state index in [4.69, 9.17) is 0 Å². The Morgan fingerprint density at radius 3 is 2.52 bits per heavy atom. The van der Waals surface area contributed by atoms with E-state index >= 15 is 0 Å². The summed E-state index contributed by atoms with van der Waals surface area (Å²) in [4.78, 5) is 12.5. The predicted molar refractivity (Wildman–Crippen MR) is 83.2 cm³/mol. The number of hydrogen-bond donors (Lipinski definition) is 2. The van der Waals surface area contributed by atoms with E-state index in [1.54, 1.807) is 0 Å². The summed E-state index contributed by atoms with van der Waals surface area (Å²) in [5.41, 5.74) is 1.64. The van der Waals surface area contributed by atoms with Gasteiger partial charge in [-0.15, -0.1) is 0 Å². The van der Waals surface area contributed by atoms with Crippen LogP contribution in [0.5, 0.6) is 0 Å². The standard InChI is InChI=1S/C17H22N2O2/c1-13(2)19-11-6-9-16(19)17(21)18-15(10-12-20)14-7-4-3-5-8-14/h3-9,11,13,15,20H,10,12H2,1-2H3,(H,18,21). The number of amides is 1. The molecule has 0 saturated heterocycles. The fourth-order valence-electron chi connectivity index (χ4n) is 2.41. The maximum Gasteiger partial charge on any atom is 0.268 e. The van der Waals surface area contributed by atoms with Crippen molar-refractivity contribution >= 4 is 5.91 Å². The van der Waals surface area contributed by atoms with Crippen molar-refractivity contribution in [3.05, 3.63) is 59.9 Å². The number of rotatable bonds is 6. The van der Waals surface area contributed by atoms with Crippen molar-refractivity contribution in [1.82, 2.24) is 9.88 Å². The fraction of sp³-hybridized carbons (Fsp3) is 0.353. The predicted octanol–water partition coefficient (Wildman–Crippen LogP) is 2.92. The summed E-state index contributed by atoms with van der Waals surface area (Å²) in [6, 6.07) is 13.5. The maximum atomic E-state index is 12.5. The largest absolute Gasteiger partial charge is 0.396 e. The van der Waals surface area contributed by atoms with Crippen LogP contribution in [0.15, 0.2) is 48.7 Å². The molecule has 1 aromatic carbocycles. The molecular weight excluding hydrogens is 264 g/mol. The number of nitrogens with zero attached hydrogens (tertiary/aromatic N) is 1. The molecule has 1 amide bonds. The van der Waals surface area contributed by atoms with Gasteiger partial charge in [-0.05, 0) is 38.0 Å². The minimum Gasteiger partial charge on any atom is -0.396 e. The quantitative estimate of drug-likeness (QED) is 0.858. The molecule has 0 aliphatic carbocycles. The zero-order valence-corrected chi connectivity index (χ0v) is 12.5. The van der Waals surface area contributed by atoms with E-state index in [0.717, 1.165) is 5.56 Å². The van der Waals surface area contributed by atoms with Crippen molar-refractivity contribution < 1.29 is 9.90 Å². The molecule has 4 heteroatoms. The highest BCUT2D eigenvalue weighted by Crippen LogP contribution is 2.18. The lowest BCUT2D eigenvalue weighted by molar-refractivity contribution is 0.0919. The lowest BCUT2D eigenvalue weighted by Gasteiger charge is -2.20. The Morgan fingerprint density at radius 1 is 1.19 bits per heavy atom. The molecule has 2 N–H and O–H groups in total. The molecule has 112 valence electrons. The molecule has 1 atom stereocenters. The van der Waals surface area contributed by atoms with Crippen LogP contribution < -0.4 is 5.32 Å². The summed E-state index contributed by atoms with van der Waals surface area (Å²) in [7, 11) is 0. The number of hydrogen-bond acceptors (Lipinski definition) is 2. The highest BCUT2D eigenvalue weighted by molar-refractivity contribution is 5.93. The van der Waals surface area contributed by atoms with Crippen LogP contribution in [0.25, 0.3) is 0 Å². The molecule has 0 bridgehead atoms. The number of benzene rings is 1. The molecule has 1 heterocycles. The average Bonchev–Trinajstić information content (AvgIpc) is 2.97. The monoisotopic (exact) mass is 286 g/mol. The molecule has 0 fully saturated rings. The highest BCUT2D eigenvalue weighted by atomic mass is 16.3. The highest BCUT2D eigenvalue weighted by Gasteiger charge is 2.18. The molecule has 0 aliphatic heterocycles. The summed E-state index contributed by atoms with van der Waals surface area (Å²) in [5, 5.41) is 12.2. The van der Waals surface area contributed by atoms with Gasteiger partial charge in [-0.2, -0.15) is 0 Å². The first kappa shape index (κ1) is 15.3. The van der Waals surface area contributed by atoms with Gasteiger partial charge in [0, 0.05) is 18.8 Å². The Kier molecular flexibility index (Phi) is 5.17. The van der Waals surface area contributed by atoms with Crippen LogP contribution in [0.2, 0.25) is 0 Å². The van der Waals surface area contributed by atoms with Crippen LogP contribution in [-0.2, 0) is 0 Å². The summed E-state index contributed by atoms with van der Waals surface area (Å²) in [6.07, 6.45) is 2.40. The first-order chi connectivity index (χ1) is 10.1. The van der Waals surface area contributed by atoms with E-state index in [2.05, 4.69) is 5.32 Å². The number of aliphatic hydroxyl groups is 1. The molecule has 0 spiro atoms. The average molecular weight is 286 g/mol. The van der Waals surface area contributed by atoms with Gasteiger partial charge in [-0.25, -0.2) is 0 Å². The molecule has 21 heavy (non-hydrogen) atoms. The molecule has 2 aromatic rings. The molecule has 2 rings (SSSR count). The van der Waals surface area contributed by atoms with Crippen molar-refractivity contribution in [2.75, 3.05) is 6.61 Å². The number of carbonyl (C=O) groups excluding carboxylic acids is 1. The smallest absolute Gasteiger partial charge is 0.268 e. The van der Waals surface area contributed by atoms with Crippen LogP contribution >= 0.6 is 0 Å². The van der Waals surface area contributed by atoms with Gasteiger partial charge in [-0.1, -0.05) is 30.3 Å². The summed E-state index contributed by atoms with van der Waals surface area (Å²) >= 11 is 0. The van der Waals surface area contributed by atoms with Crippen LogP contribution in [-0.4, -0.2) is 22.2 Å². The second-order valence-electron chi connectivity index (χ2n) is 5.34. The zero-order chi connectivity index (χ0) is 15.2. The van der Waals surface area contributed by atoms with Crippen LogP contribution in [0.1, 0.15) is 48.4 Å². The van der Waals surface area contributed by atoms with Gasteiger partial charge >= 0.3 is 0 Å². The normalized spacial score (nSPS) is 12.4. The first-order valence-corrected chi connectivity index (χ1v) is 7.27. The number of aliphatic hydroxyl groups excluding tert-OH is 1. The third-order valence-electron chi connectivity index (χ3n) is 3.49. The van der Waals surface area contributed by atoms with Crippen LogP contribution in [0, 0.1) is 0 Å². The number of carbonyl (C=O) groups is 1. The Balaban J connectivity index is 2.17. The van der Waals surface area contributed by atoms with Gasteiger partial charge in [0.25, 0.3) is 5.91 Å². The second-order valence-corrected chi connectivity index (χ2v) is 5.34. The topological polar surface area (TPSA) is 54.3 Å². The van der Waals surface area contributed by atoms with Gasteiger partial charge in [0.15, 0.2) is 0 Å². The second kappa shape index (κ2) is 7.09. The van der Waals surface area contributed by atoms with Crippen molar-refractivity contribution in [3.8, 4) is 0 Å². The van der Waals surface area contributed by atoms with E-state index in [-0.39, 0.29) is 24.6 Å². The Labute approximate surface area is 125 Å². The molecule has 0 aliphatic rings. The minimum atomic E-state index is -0.181. The van der Waals surface area contributed by atoms with Crippen molar-refractivity contribution in [3.63, 3.8) is 0 Å². The van der Waals surface area contributed by atoms with Crippen molar-refractivity contribution in [2.24, 2.45) is 0 Å². The summed E-state index contributed by atoms with van der Waals surface area (Å²) in [5.74, 6) is -0.115. The first-order valence-electron chi connectivity index (χ1n) is 7.27. The summed E-state index contributed by atoms with van der Waals surface area (Å²) in [6.45, 7) is 4.11. The van der Waals surface area contributed by atoms with E-state index < -0.39 is 0 Å². The number of nitrogens with one attached hydrogen (secondary N) is 1. The Hall–Kier alpha value is -2.07. The van der Waals surface area contributed by atoms with E-state index in [9.17, 15) is 9.90 Å². The van der Waals surface area contributed by atoms with Gasteiger partial charge < -0.3 is 15.0 Å². The SMILES string of the molecule is CC(C)n1cccc1C(=O)NC(CCO)c1ccccc1. The molecular formula is C17H22N2O2. The van der Waals surface area contributed by atoms with Crippen LogP contribution in [0.4, 0.5) is 0 Å². The molecule has 4 nitrogen and oxygen atoms in total. The lowest BCUT2D eigenvalue weighted by atomic mass is 10.0. The lowest BCUT2D eigenvalue weighted by Crippen LogP contribution is -2.31. The zero-order valence-electron chi connectivity index (χ0n) is 12.5. The Bertz CT molecular complexity index is 575. The van der Waals surface area contributed by atoms with Gasteiger partial charge in [0.2, 0.25) is 0 Å². The van der Waals surface area contributed by atoms with E-state index in [0.29, 0.717) is 12.1 Å². The third kappa shape index (κ3) is 3.73. The molecule has 1 aromatic heterocycles.